The Bertz CT molecular complexity index is 775. The molecule has 1 aliphatic heterocycles. The first-order valence-corrected chi connectivity index (χ1v) is 6.69. The predicted octanol–water partition coefficient (Wildman–Crippen LogP) is 0.979. The molecule has 1 aliphatic rings. The van der Waals surface area contributed by atoms with Gasteiger partial charge in [-0.1, -0.05) is 6.07 Å². The Morgan fingerprint density at radius 3 is 3.24 bits per heavy atom. The van der Waals surface area contributed by atoms with Crippen molar-refractivity contribution >= 4 is 11.5 Å². The van der Waals surface area contributed by atoms with Gasteiger partial charge in [0.1, 0.15) is 11.5 Å². The maximum absolute atomic E-state index is 12.1. The summed E-state index contributed by atoms with van der Waals surface area (Å²) in [7, 11) is 0. The Labute approximate surface area is 121 Å². The number of hydrogen-bond acceptors (Lipinski definition) is 5. The monoisotopic (exact) mass is 282 g/mol. The van der Waals surface area contributed by atoms with Crippen molar-refractivity contribution < 1.29 is 4.74 Å². The summed E-state index contributed by atoms with van der Waals surface area (Å²) in [6.07, 6.45) is 4.68. The van der Waals surface area contributed by atoms with Gasteiger partial charge in [0.15, 0.2) is 0 Å². The van der Waals surface area contributed by atoms with Crippen molar-refractivity contribution in [3.63, 3.8) is 0 Å². The first-order chi connectivity index (χ1) is 10.3. The zero-order valence-corrected chi connectivity index (χ0v) is 11.3. The Hall–Kier alpha value is -2.65. The van der Waals surface area contributed by atoms with Gasteiger partial charge in [-0.25, -0.2) is 4.98 Å². The molecular weight excluding hydrogens is 268 g/mol. The van der Waals surface area contributed by atoms with Crippen LogP contribution in [0.4, 0.5) is 5.82 Å². The second kappa shape index (κ2) is 5.77. The molecule has 6 heteroatoms. The number of aromatic nitrogens is 2. The van der Waals surface area contributed by atoms with Gasteiger partial charge >= 0.3 is 0 Å². The van der Waals surface area contributed by atoms with Crippen molar-refractivity contribution in [1.82, 2.24) is 9.38 Å². The number of ether oxygens (including phenoxy) is 1. The Morgan fingerprint density at radius 2 is 2.38 bits per heavy atom. The Balaban J connectivity index is 1.91. The van der Waals surface area contributed by atoms with Crippen LogP contribution in [0.15, 0.2) is 47.4 Å². The van der Waals surface area contributed by atoms with E-state index in [2.05, 4.69) is 4.98 Å². The molecule has 6 nitrogen and oxygen atoms in total. The fraction of sp³-hybridized carbons (Fsp3) is 0.267. The molecule has 21 heavy (non-hydrogen) atoms. The molecular formula is C15H14N4O2. The van der Waals surface area contributed by atoms with Crippen LogP contribution in [0, 0.1) is 11.3 Å². The summed E-state index contributed by atoms with van der Waals surface area (Å²) in [5.74, 6) is 0.643. The average Bonchev–Trinajstić information content (AvgIpc) is 2.53. The van der Waals surface area contributed by atoms with E-state index in [9.17, 15) is 4.79 Å². The lowest BCUT2D eigenvalue weighted by Crippen LogP contribution is -2.42. The lowest BCUT2D eigenvalue weighted by atomic mass is 10.2. The minimum absolute atomic E-state index is 0.105. The van der Waals surface area contributed by atoms with Gasteiger partial charge in [-0.3, -0.25) is 9.20 Å². The second-order valence-electron chi connectivity index (χ2n) is 4.72. The molecule has 1 saturated heterocycles. The van der Waals surface area contributed by atoms with Gasteiger partial charge in [0.05, 0.1) is 18.8 Å². The van der Waals surface area contributed by atoms with Crippen molar-refractivity contribution in [1.29, 1.82) is 5.26 Å². The highest BCUT2D eigenvalue weighted by atomic mass is 16.5. The van der Waals surface area contributed by atoms with Gasteiger partial charge in [0.25, 0.3) is 5.56 Å². The van der Waals surface area contributed by atoms with Crippen LogP contribution in [0.5, 0.6) is 0 Å². The first kappa shape index (κ1) is 13.3. The van der Waals surface area contributed by atoms with Crippen LogP contribution in [0.3, 0.4) is 0 Å². The zero-order chi connectivity index (χ0) is 14.7. The third kappa shape index (κ3) is 2.78. The number of allylic oxidation sites excluding steroid dienone is 1. The van der Waals surface area contributed by atoms with Crippen molar-refractivity contribution in [2.45, 2.75) is 6.10 Å². The van der Waals surface area contributed by atoms with E-state index < -0.39 is 0 Å². The van der Waals surface area contributed by atoms with E-state index in [4.69, 9.17) is 10.00 Å². The van der Waals surface area contributed by atoms with Crippen LogP contribution in [0.2, 0.25) is 0 Å². The minimum Gasteiger partial charge on any atom is -0.370 e. The second-order valence-corrected chi connectivity index (χ2v) is 4.72. The predicted molar refractivity (Wildman–Crippen MR) is 78.2 cm³/mol. The summed E-state index contributed by atoms with van der Waals surface area (Å²) in [4.78, 5) is 18.6. The third-order valence-electron chi connectivity index (χ3n) is 3.36. The number of pyridine rings is 1. The van der Waals surface area contributed by atoms with Crippen LogP contribution in [0.25, 0.3) is 5.65 Å². The average molecular weight is 282 g/mol. The topological polar surface area (TPSA) is 70.6 Å². The highest BCUT2D eigenvalue weighted by Gasteiger charge is 2.20. The molecule has 0 amide bonds. The van der Waals surface area contributed by atoms with Gasteiger partial charge in [0, 0.05) is 31.4 Å². The molecule has 0 aliphatic carbocycles. The summed E-state index contributed by atoms with van der Waals surface area (Å²) >= 11 is 0. The van der Waals surface area contributed by atoms with Crippen LogP contribution < -0.4 is 10.5 Å². The molecule has 2 aromatic rings. The van der Waals surface area contributed by atoms with Crippen LogP contribution in [-0.4, -0.2) is 35.2 Å². The fourth-order valence-corrected chi connectivity index (χ4v) is 2.35. The first-order valence-electron chi connectivity index (χ1n) is 6.69. The SMILES string of the molecule is N#C/C=C/C1CN(c2cc(=O)n3ccccc3n2)CCO1. The molecule has 106 valence electrons. The quantitative estimate of drug-likeness (QED) is 0.768. The van der Waals surface area contributed by atoms with Gasteiger partial charge in [0.2, 0.25) is 0 Å². The van der Waals surface area contributed by atoms with Gasteiger partial charge in [-0.2, -0.15) is 5.26 Å². The normalized spacial score (nSPS) is 19.0. The van der Waals surface area contributed by atoms with E-state index in [-0.39, 0.29) is 11.7 Å². The molecule has 1 unspecified atom stereocenters. The van der Waals surface area contributed by atoms with Crippen molar-refractivity contribution in [2.75, 3.05) is 24.6 Å². The molecule has 0 radical (unpaired) electrons. The summed E-state index contributed by atoms with van der Waals surface area (Å²) < 4.78 is 7.07. The van der Waals surface area contributed by atoms with E-state index in [1.165, 1.54) is 16.5 Å². The standard InChI is InChI=1S/C15H14N4O2/c16-6-3-4-12-11-18(8-9-21-12)14-10-15(20)19-7-2-1-5-13(19)17-14/h1-5,7,10,12H,8-9,11H2/b4-3+. The van der Waals surface area contributed by atoms with Gasteiger partial charge in [-0.05, 0) is 18.2 Å². The molecule has 3 heterocycles. The Kier molecular flexibility index (Phi) is 3.67. The number of fused-ring (bicyclic) bond motifs is 1. The van der Waals surface area contributed by atoms with Crippen LogP contribution >= 0.6 is 0 Å². The number of hydrogen-bond donors (Lipinski definition) is 0. The van der Waals surface area contributed by atoms with E-state index in [0.29, 0.717) is 31.2 Å². The lowest BCUT2D eigenvalue weighted by Gasteiger charge is -2.32. The van der Waals surface area contributed by atoms with E-state index >= 15 is 0 Å². The molecule has 3 rings (SSSR count). The molecule has 0 spiro atoms. The highest BCUT2D eigenvalue weighted by Crippen LogP contribution is 2.15. The summed E-state index contributed by atoms with van der Waals surface area (Å²) in [5.41, 5.74) is 0.516. The Morgan fingerprint density at radius 1 is 1.48 bits per heavy atom. The van der Waals surface area contributed by atoms with Crippen LogP contribution in [-0.2, 0) is 4.74 Å². The zero-order valence-electron chi connectivity index (χ0n) is 11.3. The number of anilines is 1. The molecule has 0 aromatic carbocycles. The highest BCUT2D eigenvalue weighted by molar-refractivity contribution is 5.48. The van der Waals surface area contributed by atoms with Gasteiger partial charge in [-0.15, -0.1) is 0 Å². The molecule has 0 N–H and O–H groups in total. The van der Waals surface area contributed by atoms with E-state index in [1.807, 2.05) is 17.0 Å². The third-order valence-corrected chi connectivity index (χ3v) is 3.36. The summed E-state index contributed by atoms with van der Waals surface area (Å²) in [5, 5.41) is 8.57. The smallest absolute Gasteiger partial charge is 0.259 e. The van der Waals surface area contributed by atoms with Crippen molar-refractivity contribution in [3.05, 3.63) is 53.0 Å². The molecule has 2 aromatic heterocycles. The summed E-state index contributed by atoms with van der Waals surface area (Å²) in [6, 6.07) is 8.94. The van der Waals surface area contributed by atoms with E-state index in [1.54, 1.807) is 24.4 Å². The lowest BCUT2D eigenvalue weighted by molar-refractivity contribution is 0.0714. The number of nitriles is 1. The molecule has 1 fully saturated rings. The van der Waals surface area contributed by atoms with Crippen LogP contribution in [0.1, 0.15) is 0 Å². The number of rotatable bonds is 2. The number of morpholine rings is 1. The fourth-order valence-electron chi connectivity index (χ4n) is 2.35. The number of nitrogens with zero attached hydrogens (tertiary/aromatic N) is 4. The van der Waals surface area contributed by atoms with E-state index in [0.717, 1.165) is 0 Å². The molecule has 0 saturated carbocycles. The molecule has 1 atom stereocenters. The van der Waals surface area contributed by atoms with Crippen molar-refractivity contribution in [3.8, 4) is 6.07 Å². The van der Waals surface area contributed by atoms with Gasteiger partial charge < -0.3 is 9.64 Å². The minimum atomic E-state index is -0.158. The maximum atomic E-state index is 12.1. The van der Waals surface area contributed by atoms with Crippen molar-refractivity contribution in [2.24, 2.45) is 0 Å². The largest absolute Gasteiger partial charge is 0.370 e. The maximum Gasteiger partial charge on any atom is 0.259 e. The molecule has 0 bridgehead atoms. The summed E-state index contributed by atoms with van der Waals surface area (Å²) in [6.45, 7) is 1.79.